The highest BCUT2D eigenvalue weighted by atomic mass is 79.9. The lowest BCUT2D eigenvalue weighted by molar-refractivity contribution is -0.146. The molecule has 0 bridgehead atoms. The predicted molar refractivity (Wildman–Crippen MR) is 96.5 cm³/mol. The summed E-state index contributed by atoms with van der Waals surface area (Å²) in [5.74, 6) is 0.0375. The van der Waals surface area contributed by atoms with Gasteiger partial charge in [0.25, 0.3) is 0 Å². The molecule has 1 aromatic carbocycles. The Labute approximate surface area is 147 Å². The van der Waals surface area contributed by atoms with Crippen LogP contribution in [0.5, 0.6) is 0 Å². The number of methoxy groups -OCH3 is 1. The predicted octanol–water partition coefficient (Wildman–Crippen LogP) is 4.60. The van der Waals surface area contributed by atoms with Crippen molar-refractivity contribution in [3.8, 4) is 0 Å². The van der Waals surface area contributed by atoms with Crippen molar-refractivity contribution in [1.29, 1.82) is 0 Å². The van der Waals surface area contributed by atoms with Crippen LogP contribution in [0.15, 0.2) is 35.9 Å². The van der Waals surface area contributed by atoms with Gasteiger partial charge >= 0.3 is 5.97 Å². The van der Waals surface area contributed by atoms with Crippen LogP contribution in [0.4, 0.5) is 0 Å². The maximum absolute atomic E-state index is 11.5. The number of rotatable bonds is 5. The van der Waals surface area contributed by atoms with Gasteiger partial charge in [0.05, 0.1) is 5.60 Å². The average Bonchev–Trinajstić information content (AvgIpc) is 2.56. The van der Waals surface area contributed by atoms with E-state index in [1.54, 1.807) is 7.11 Å². The van der Waals surface area contributed by atoms with E-state index in [4.69, 9.17) is 9.47 Å². The molecule has 0 aromatic heterocycles. The summed E-state index contributed by atoms with van der Waals surface area (Å²) in [6, 6.07) is 10.3. The molecule has 0 radical (unpaired) electrons. The first kappa shape index (κ1) is 18.2. The molecule has 0 spiro atoms. The van der Waals surface area contributed by atoms with Gasteiger partial charge in [0, 0.05) is 19.4 Å². The maximum Gasteiger partial charge on any atom is 0.303 e. The van der Waals surface area contributed by atoms with Crippen LogP contribution in [-0.4, -0.2) is 30.1 Å². The van der Waals surface area contributed by atoms with Crippen LogP contribution in [0.25, 0.3) is 5.57 Å². The summed E-state index contributed by atoms with van der Waals surface area (Å²) >= 11 is 3.58. The first-order valence-electron chi connectivity index (χ1n) is 7.94. The summed E-state index contributed by atoms with van der Waals surface area (Å²) in [4.78, 5) is 11.5. The molecular formula is C19H25BrO3. The fourth-order valence-corrected chi connectivity index (χ4v) is 3.92. The quantitative estimate of drug-likeness (QED) is 0.552. The van der Waals surface area contributed by atoms with Gasteiger partial charge in [-0.2, -0.15) is 0 Å². The number of hydrogen-bond acceptors (Lipinski definition) is 3. The zero-order valence-electron chi connectivity index (χ0n) is 14.3. The van der Waals surface area contributed by atoms with Crippen LogP contribution in [0.3, 0.4) is 0 Å². The molecule has 0 unspecified atom stereocenters. The fraction of sp³-hybridized carbons (Fsp3) is 0.526. The molecule has 3 nitrogen and oxygen atoms in total. The van der Waals surface area contributed by atoms with Crippen molar-refractivity contribution >= 4 is 27.5 Å². The van der Waals surface area contributed by atoms with Crippen molar-refractivity contribution in [2.45, 2.75) is 45.3 Å². The molecule has 1 aliphatic rings. The SMILES string of the molecule is CO[C@@](C)(CBr)[C@@H]1CC(c2ccccc2)=C(C)[C@H](OC(C)=O)C1. The van der Waals surface area contributed by atoms with Gasteiger partial charge in [-0.05, 0) is 49.3 Å². The van der Waals surface area contributed by atoms with Crippen LogP contribution in [0, 0.1) is 5.92 Å². The minimum Gasteiger partial charge on any atom is -0.458 e. The molecule has 0 saturated heterocycles. The van der Waals surface area contributed by atoms with Gasteiger partial charge in [0.2, 0.25) is 0 Å². The summed E-state index contributed by atoms with van der Waals surface area (Å²) in [6.07, 6.45) is 1.52. The van der Waals surface area contributed by atoms with E-state index in [9.17, 15) is 4.79 Å². The zero-order chi connectivity index (χ0) is 17.0. The van der Waals surface area contributed by atoms with Crippen LogP contribution in [-0.2, 0) is 14.3 Å². The fourth-order valence-electron chi connectivity index (χ4n) is 3.24. The zero-order valence-corrected chi connectivity index (χ0v) is 15.9. The number of carbonyl (C=O) groups is 1. The van der Waals surface area contributed by atoms with Gasteiger partial charge < -0.3 is 9.47 Å². The van der Waals surface area contributed by atoms with E-state index in [0.717, 1.165) is 23.7 Å². The monoisotopic (exact) mass is 380 g/mol. The number of alkyl halides is 1. The molecule has 0 heterocycles. The van der Waals surface area contributed by atoms with Crippen LogP contribution >= 0.6 is 15.9 Å². The number of halogens is 1. The van der Waals surface area contributed by atoms with E-state index in [2.05, 4.69) is 41.9 Å². The van der Waals surface area contributed by atoms with Gasteiger partial charge in [-0.25, -0.2) is 0 Å². The summed E-state index contributed by atoms with van der Waals surface area (Å²) in [6.45, 7) is 5.66. The Morgan fingerprint density at radius 2 is 2.00 bits per heavy atom. The summed E-state index contributed by atoms with van der Waals surface area (Å²) in [5, 5.41) is 0.745. The molecule has 0 saturated carbocycles. The molecule has 4 heteroatoms. The topological polar surface area (TPSA) is 35.5 Å². The largest absolute Gasteiger partial charge is 0.458 e. The van der Waals surface area contributed by atoms with Crippen molar-refractivity contribution < 1.29 is 14.3 Å². The highest BCUT2D eigenvalue weighted by molar-refractivity contribution is 9.09. The Hall–Kier alpha value is -1.13. The molecule has 3 atom stereocenters. The number of allylic oxidation sites excluding steroid dienone is 1. The van der Waals surface area contributed by atoms with Crippen LogP contribution in [0.1, 0.15) is 39.2 Å². The second-order valence-electron chi connectivity index (χ2n) is 6.41. The maximum atomic E-state index is 11.5. The normalized spacial score (nSPS) is 24.2. The standard InChI is InChI=1S/C19H25BrO3/c1-13-17(15-8-6-5-7-9-15)10-16(19(3,12-20)22-4)11-18(13)23-14(2)21/h5-9,16,18H,10-12H2,1-4H3/t16-,18-,19+/m1/s1. The lowest BCUT2D eigenvalue weighted by atomic mass is 9.73. The highest BCUT2D eigenvalue weighted by Gasteiger charge is 2.40. The molecule has 0 amide bonds. The van der Waals surface area contributed by atoms with E-state index in [1.165, 1.54) is 18.1 Å². The van der Waals surface area contributed by atoms with Crippen LogP contribution < -0.4 is 0 Å². The molecule has 1 aliphatic carbocycles. The minimum absolute atomic E-state index is 0.185. The van der Waals surface area contributed by atoms with Gasteiger partial charge in [-0.15, -0.1) is 0 Å². The summed E-state index contributed by atoms with van der Waals surface area (Å²) in [7, 11) is 1.75. The first-order chi connectivity index (χ1) is 10.9. The van der Waals surface area contributed by atoms with Crippen molar-refractivity contribution in [2.75, 3.05) is 12.4 Å². The molecule has 126 valence electrons. The number of benzene rings is 1. The van der Waals surface area contributed by atoms with Crippen molar-refractivity contribution in [3.63, 3.8) is 0 Å². The van der Waals surface area contributed by atoms with E-state index < -0.39 is 0 Å². The third-order valence-corrected chi connectivity index (χ3v) is 6.05. The molecule has 0 fully saturated rings. The second kappa shape index (κ2) is 7.63. The molecule has 23 heavy (non-hydrogen) atoms. The second-order valence-corrected chi connectivity index (χ2v) is 6.97. The summed E-state index contributed by atoms with van der Waals surface area (Å²) < 4.78 is 11.4. The third-order valence-electron chi connectivity index (χ3n) is 4.93. The van der Waals surface area contributed by atoms with E-state index in [-0.39, 0.29) is 23.6 Å². The molecular weight excluding hydrogens is 356 g/mol. The number of carbonyl (C=O) groups excluding carboxylic acids is 1. The lowest BCUT2D eigenvalue weighted by Gasteiger charge is -2.41. The number of hydrogen-bond donors (Lipinski definition) is 0. The minimum atomic E-state index is -0.293. The summed E-state index contributed by atoms with van der Waals surface area (Å²) in [5.41, 5.74) is 3.31. The van der Waals surface area contributed by atoms with E-state index in [0.29, 0.717) is 0 Å². The van der Waals surface area contributed by atoms with Crippen molar-refractivity contribution in [3.05, 3.63) is 41.5 Å². The molecule has 0 aliphatic heterocycles. The highest BCUT2D eigenvalue weighted by Crippen LogP contribution is 2.43. The molecule has 0 N–H and O–H groups in total. The van der Waals surface area contributed by atoms with Gasteiger partial charge in [0.1, 0.15) is 6.10 Å². The van der Waals surface area contributed by atoms with E-state index >= 15 is 0 Å². The van der Waals surface area contributed by atoms with Gasteiger partial charge in [-0.1, -0.05) is 46.3 Å². The number of esters is 1. The van der Waals surface area contributed by atoms with E-state index in [1.807, 2.05) is 18.2 Å². The Morgan fingerprint density at radius 3 is 2.52 bits per heavy atom. The molecule has 2 rings (SSSR count). The Kier molecular flexibility index (Phi) is 6.04. The Balaban J connectivity index is 2.42. The van der Waals surface area contributed by atoms with Crippen LogP contribution in [0.2, 0.25) is 0 Å². The first-order valence-corrected chi connectivity index (χ1v) is 9.06. The lowest BCUT2D eigenvalue weighted by Crippen LogP contribution is -2.43. The van der Waals surface area contributed by atoms with Gasteiger partial charge in [0.15, 0.2) is 0 Å². The smallest absolute Gasteiger partial charge is 0.303 e. The Morgan fingerprint density at radius 1 is 1.35 bits per heavy atom. The average molecular weight is 381 g/mol. The van der Waals surface area contributed by atoms with Gasteiger partial charge in [-0.3, -0.25) is 4.79 Å². The Bertz CT molecular complexity index is 576. The molecule has 1 aromatic rings. The van der Waals surface area contributed by atoms with Crippen molar-refractivity contribution in [1.82, 2.24) is 0 Å². The van der Waals surface area contributed by atoms with Crippen molar-refractivity contribution in [2.24, 2.45) is 5.92 Å². The number of ether oxygens (including phenoxy) is 2. The third kappa shape index (κ3) is 4.04.